The molecule has 20 heavy (non-hydrogen) atoms. The van der Waals surface area contributed by atoms with Crippen LogP contribution in [-0.2, 0) is 0 Å². The van der Waals surface area contributed by atoms with Gasteiger partial charge in [-0.25, -0.2) is 0 Å². The van der Waals surface area contributed by atoms with Crippen molar-refractivity contribution in [2.45, 2.75) is 39.3 Å². The first-order valence-electron chi connectivity index (χ1n) is 7.31. The standard InChI is InChI=1S/C15H24BrN3O/c1-5-13-10-18(7-6-17(13)4)15(20)14-8-12(16)9-19(14)11(2)3/h8-9,11,13H,5-7,10H2,1-4H3. The maximum absolute atomic E-state index is 12.8. The molecule has 0 radical (unpaired) electrons. The summed E-state index contributed by atoms with van der Waals surface area (Å²) in [6.45, 7) is 8.97. The van der Waals surface area contributed by atoms with Gasteiger partial charge >= 0.3 is 0 Å². The van der Waals surface area contributed by atoms with Gasteiger partial charge in [0.1, 0.15) is 5.69 Å². The largest absolute Gasteiger partial charge is 0.340 e. The third-order valence-corrected chi connectivity index (χ3v) is 4.56. The molecular formula is C15H24BrN3O. The highest BCUT2D eigenvalue weighted by atomic mass is 79.9. The van der Waals surface area contributed by atoms with E-state index in [1.54, 1.807) is 0 Å². The first kappa shape index (κ1) is 15.6. The van der Waals surface area contributed by atoms with Gasteiger partial charge in [0.2, 0.25) is 0 Å². The van der Waals surface area contributed by atoms with E-state index in [9.17, 15) is 4.79 Å². The van der Waals surface area contributed by atoms with Crippen LogP contribution in [0.15, 0.2) is 16.7 Å². The van der Waals surface area contributed by atoms with Crippen LogP contribution < -0.4 is 0 Å². The van der Waals surface area contributed by atoms with Crippen molar-refractivity contribution in [3.63, 3.8) is 0 Å². The number of hydrogen-bond acceptors (Lipinski definition) is 2. The molecule has 0 spiro atoms. The molecule has 0 bridgehead atoms. The van der Waals surface area contributed by atoms with Crippen molar-refractivity contribution in [2.75, 3.05) is 26.7 Å². The fraction of sp³-hybridized carbons (Fsp3) is 0.667. The van der Waals surface area contributed by atoms with Crippen LogP contribution in [0.4, 0.5) is 0 Å². The van der Waals surface area contributed by atoms with E-state index in [2.05, 4.69) is 48.6 Å². The third kappa shape index (κ3) is 3.09. The van der Waals surface area contributed by atoms with Crippen molar-refractivity contribution in [3.05, 3.63) is 22.4 Å². The molecule has 1 aliphatic rings. The first-order valence-corrected chi connectivity index (χ1v) is 8.10. The molecule has 0 aliphatic carbocycles. The van der Waals surface area contributed by atoms with Gasteiger partial charge in [-0.15, -0.1) is 0 Å². The highest BCUT2D eigenvalue weighted by Crippen LogP contribution is 2.22. The topological polar surface area (TPSA) is 28.5 Å². The van der Waals surface area contributed by atoms with Gasteiger partial charge in [-0.05, 0) is 49.3 Å². The first-order chi connectivity index (χ1) is 9.43. The minimum absolute atomic E-state index is 0.149. The smallest absolute Gasteiger partial charge is 0.270 e. The SMILES string of the molecule is CCC1CN(C(=O)c2cc(Br)cn2C(C)C)CCN1C. The normalized spacial score (nSPS) is 20.7. The number of carbonyl (C=O) groups excluding carboxylic acids is 1. The van der Waals surface area contributed by atoms with E-state index in [4.69, 9.17) is 0 Å². The fourth-order valence-corrected chi connectivity index (χ4v) is 3.21. The predicted octanol–water partition coefficient (Wildman–Crippen LogP) is 3.00. The number of rotatable bonds is 3. The molecule has 0 aromatic carbocycles. The molecule has 1 saturated heterocycles. The zero-order chi connectivity index (χ0) is 14.9. The summed E-state index contributed by atoms with van der Waals surface area (Å²) in [6.07, 6.45) is 3.07. The minimum atomic E-state index is 0.149. The second-order valence-corrected chi connectivity index (χ2v) is 6.75. The lowest BCUT2D eigenvalue weighted by atomic mass is 10.1. The molecular weight excluding hydrogens is 318 g/mol. The monoisotopic (exact) mass is 341 g/mol. The number of carbonyl (C=O) groups is 1. The number of likely N-dealkylation sites (N-methyl/N-ethyl adjacent to an activating group) is 1. The van der Waals surface area contributed by atoms with E-state index in [1.165, 1.54) is 0 Å². The van der Waals surface area contributed by atoms with E-state index in [1.807, 2.05) is 21.7 Å². The van der Waals surface area contributed by atoms with Crippen LogP contribution in [-0.4, -0.2) is 53.0 Å². The van der Waals surface area contributed by atoms with Gasteiger partial charge < -0.3 is 9.47 Å². The van der Waals surface area contributed by atoms with Crippen molar-refractivity contribution in [2.24, 2.45) is 0 Å². The van der Waals surface area contributed by atoms with Crippen LogP contribution in [0.3, 0.4) is 0 Å². The van der Waals surface area contributed by atoms with Crippen LogP contribution in [0.5, 0.6) is 0 Å². The van der Waals surface area contributed by atoms with Gasteiger partial charge in [-0.3, -0.25) is 9.69 Å². The Morgan fingerprint density at radius 1 is 1.45 bits per heavy atom. The van der Waals surface area contributed by atoms with Crippen LogP contribution >= 0.6 is 15.9 Å². The van der Waals surface area contributed by atoms with Gasteiger partial charge in [0, 0.05) is 42.4 Å². The van der Waals surface area contributed by atoms with E-state index in [0.29, 0.717) is 6.04 Å². The van der Waals surface area contributed by atoms with Gasteiger partial charge in [-0.1, -0.05) is 6.92 Å². The second-order valence-electron chi connectivity index (χ2n) is 5.84. The van der Waals surface area contributed by atoms with Crippen LogP contribution in [0.2, 0.25) is 0 Å². The number of piperazine rings is 1. The van der Waals surface area contributed by atoms with Gasteiger partial charge in [-0.2, -0.15) is 0 Å². The molecule has 1 unspecified atom stereocenters. The van der Waals surface area contributed by atoms with Crippen LogP contribution in [0.25, 0.3) is 0 Å². The van der Waals surface area contributed by atoms with Crippen molar-refractivity contribution in [1.29, 1.82) is 0 Å². The summed E-state index contributed by atoms with van der Waals surface area (Å²) >= 11 is 3.48. The van der Waals surface area contributed by atoms with Gasteiger partial charge in [0.25, 0.3) is 5.91 Å². The lowest BCUT2D eigenvalue weighted by Gasteiger charge is -2.39. The van der Waals surface area contributed by atoms with Crippen molar-refractivity contribution in [3.8, 4) is 0 Å². The van der Waals surface area contributed by atoms with E-state index in [-0.39, 0.29) is 11.9 Å². The van der Waals surface area contributed by atoms with Crippen molar-refractivity contribution >= 4 is 21.8 Å². The van der Waals surface area contributed by atoms with Crippen LogP contribution in [0, 0.1) is 0 Å². The minimum Gasteiger partial charge on any atom is -0.340 e. The fourth-order valence-electron chi connectivity index (χ4n) is 2.78. The highest BCUT2D eigenvalue weighted by Gasteiger charge is 2.28. The molecule has 112 valence electrons. The Morgan fingerprint density at radius 3 is 2.75 bits per heavy atom. The molecule has 2 heterocycles. The Morgan fingerprint density at radius 2 is 2.15 bits per heavy atom. The Kier molecular flexibility index (Phi) is 4.91. The number of amides is 1. The Bertz CT molecular complexity index is 483. The number of hydrogen-bond donors (Lipinski definition) is 0. The van der Waals surface area contributed by atoms with Gasteiger partial charge in [0.15, 0.2) is 0 Å². The molecule has 1 amide bonds. The maximum atomic E-state index is 12.8. The molecule has 2 rings (SSSR count). The second kappa shape index (κ2) is 6.31. The average Bonchev–Trinajstić information content (AvgIpc) is 2.81. The quantitative estimate of drug-likeness (QED) is 0.845. The summed E-state index contributed by atoms with van der Waals surface area (Å²) in [5, 5.41) is 0. The molecule has 1 aromatic rings. The zero-order valence-corrected chi connectivity index (χ0v) is 14.4. The van der Waals surface area contributed by atoms with Crippen molar-refractivity contribution < 1.29 is 4.79 Å². The van der Waals surface area contributed by atoms with E-state index < -0.39 is 0 Å². The molecule has 1 aromatic heterocycles. The summed E-state index contributed by atoms with van der Waals surface area (Å²) in [5.74, 6) is 0.149. The molecule has 1 aliphatic heterocycles. The molecule has 0 saturated carbocycles. The summed E-state index contributed by atoms with van der Waals surface area (Å²) in [5.41, 5.74) is 0.784. The average molecular weight is 342 g/mol. The van der Waals surface area contributed by atoms with E-state index in [0.717, 1.165) is 36.2 Å². The molecule has 1 atom stereocenters. The predicted molar refractivity (Wildman–Crippen MR) is 85.1 cm³/mol. The Hall–Kier alpha value is -0.810. The molecule has 4 nitrogen and oxygen atoms in total. The molecule has 5 heteroatoms. The lowest BCUT2D eigenvalue weighted by molar-refractivity contribution is 0.0530. The summed E-state index contributed by atoms with van der Waals surface area (Å²) in [6, 6.07) is 2.69. The summed E-state index contributed by atoms with van der Waals surface area (Å²) < 4.78 is 3.02. The number of aromatic nitrogens is 1. The zero-order valence-electron chi connectivity index (χ0n) is 12.8. The molecule has 1 fully saturated rings. The van der Waals surface area contributed by atoms with Crippen molar-refractivity contribution in [1.82, 2.24) is 14.4 Å². The van der Waals surface area contributed by atoms with E-state index >= 15 is 0 Å². The lowest BCUT2D eigenvalue weighted by Crippen LogP contribution is -2.53. The highest BCUT2D eigenvalue weighted by molar-refractivity contribution is 9.10. The Balaban J connectivity index is 2.19. The third-order valence-electron chi connectivity index (χ3n) is 4.13. The number of halogens is 1. The summed E-state index contributed by atoms with van der Waals surface area (Å²) in [4.78, 5) is 17.1. The van der Waals surface area contributed by atoms with Gasteiger partial charge in [0.05, 0.1) is 0 Å². The Labute approximate surface area is 129 Å². The number of nitrogens with zero attached hydrogens (tertiary/aromatic N) is 3. The summed E-state index contributed by atoms with van der Waals surface area (Å²) in [7, 11) is 2.14. The van der Waals surface area contributed by atoms with Crippen LogP contribution in [0.1, 0.15) is 43.7 Å². The maximum Gasteiger partial charge on any atom is 0.270 e. The molecule has 0 N–H and O–H groups in total.